The van der Waals surface area contributed by atoms with Crippen LogP contribution in [0, 0.1) is 11.6 Å². The van der Waals surface area contributed by atoms with Crippen LogP contribution < -0.4 is 10.6 Å². The Labute approximate surface area is 187 Å². The fraction of sp³-hybridized carbons (Fsp3) is 0.238. The molecule has 0 spiro atoms. The van der Waals surface area contributed by atoms with Crippen molar-refractivity contribution >= 4 is 17.2 Å². The van der Waals surface area contributed by atoms with E-state index in [1.54, 1.807) is 18.3 Å². The van der Waals surface area contributed by atoms with E-state index in [2.05, 4.69) is 31.0 Å². The Balaban J connectivity index is 0.00000141. The van der Waals surface area contributed by atoms with E-state index in [1.165, 1.54) is 23.5 Å². The number of nitrogens with zero attached hydrogens (tertiary/aromatic N) is 3. The lowest BCUT2D eigenvalue weighted by atomic mass is 9.97. The molecule has 4 rings (SSSR count). The molecule has 1 atom stereocenters. The van der Waals surface area contributed by atoms with Gasteiger partial charge in [-0.15, -0.1) is 10.2 Å². The summed E-state index contributed by atoms with van der Waals surface area (Å²) in [6.45, 7) is 4.37. The van der Waals surface area contributed by atoms with Crippen molar-refractivity contribution in [1.82, 2.24) is 31.0 Å². The molecule has 32 heavy (non-hydrogen) atoms. The van der Waals surface area contributed by atoms with Crippen LogP contribution in [0.4, 0.5) is 8.78 Å². The number of carbonyl (C=O) groups is 1. The Morgan fingerprint density at radius 2 is 2.00 bits per heavy atom. The van der Waals surface area contributed by atoms with Gasteiger partial charge in [-0.05, 0) is 29.8 Å². The molecule has 1 aromatic carbocycles. The molecule has 1 aliphatic rings. The van der Waals surface area contributed by atoms with Crippen molar-refractivity contribution in [2.75, 3.05) is 6.54 Å². The monoisotopic (exact) mass is 460 g/mol. The number of hydrogen-bond donors (Lipinski definition) is 4. The first-order valence-corrected chi connectivity index (χ1v) is 10.7. The van der Waals surface area contributed by atoms with Gasteiger partial charge in [-0.1, -0.05) is 37.3 Å². The smallest absolute Gasteiger partial charge is 0.267 e. The van der Waals surface area contributed by atoms with E-state index in [4.69, 9.17) is 0 Å². The second kappa shape index (κ2) is 10.7. The first-order chi connectivity index (χ1) is 15.5. The first kappa shape index (κ1) is 23.2. The van der Waals surface area contributed by atoms with E-state index in [-0.39, 0.29) is 24.4 Å². The lowest BCUT2D eigenvalue weighted by molar-refractivity contribution is -0.118. The molecule has 8 nitrogen and oxygen atoms in total. The van der Waals surface area contributed by atoms with Crippen molar-refractivity contribution in [2.24, 2.45) is 0 Å². The zero-order chi connectivity index (χ0) is 23.1. The average molecular weight is 461 g/mol. The fourth-order valence-electron chi connectivity index (χ4n) is 2.89. The van der Waals surface area contributed by atoms with Gasteiger partial charge < -0.3 is 15.7 Å². The average Bonchev–Trinajstić information content (AvgIpc) is 3.51. The highest BCUT2D eigenvalue weighted by Gasteiger charge is 2.23. The molecule has 168 valence electrons. The van der Waals surface area contributed by atoms with Crippen LogP contribution in [0.5, 0.6) is 0 Å². The number of rotatable bonds is 6. The highest BCUT2D eigenvalue weighted by atomic mass is 32.1. The number of benzene rings is 1. The maximum Gasteiger partial charge on any atom is 0.267 e. The van der Waals surface area contributed by atoms with Gasteiger partial charge in [0.1, 0.15) is 28.4 Å². The van der Waals surface area contributed by atoms with Crippen LogP contribution >= 0.6 is 11.3 Å². The summed E-state index contributed by atoms with van der Waals surface area (Å²) in [4.78, 5) is 12.5. The largest absolute Gasteiger partial charge is 0.383 e. The van der Waals surface area contributed by atoms with Crippen molar-refractivity contribution in [3.8, 4) is 10.7 Å². The summed E-state index contributed by atoms with van der Waals surface area (Å²) in [6, 6.07) is 5.12. The molecule has 2 aromatic heterocycles. The van der Waals surface area contributed by atoms with Crippen molar-refractivity contribution in [2.45, 2.75) is 26.5 Å². The minimum Gasteiger partial charge on any atom is -0.383 e. The Kier molecular flexibility index (Phi) is 7.79. The summed E-state index contributed by atoms with van der Waals surface area (Å²) in [5.74, 6) is -2.16. The van der Waals surface area contributed by atoms with E-state index >= 15 is 0 Å². The van der Waals surface area contributed by atoms with Crippen molar-refractivity contribution in [3.63, 3.8) is 0 Å². The number of dihydropyridines is 1. The van der Waals surface area contributed by atoms with Gasteiger partial charge in [-0.3, -0.25) is 9.89 Å². The summed E-state index contributed by atoms with van der Waals surface area (Å²) in [6.07, 6.45) is 3.00. The summed E-state index contributed by atoms with van der Waals surface area (Å²) < 4.78 is 27.9. The van der Waals surface area contributed by atoms with Crippen molar-refractivity contribution in [3.05, 3.63) is 76.1 Å². The van der Waals surface area contributed by atoms with Crippen LogP contribution in [-0.4, -0.2) is 38.0 Å². The summed E-state index contributed by atoms with van der Waals surface area (Å²) in [5, 5.41) is 31.9. The van der Waals surface area contributed by atoms with E-state index < -0.39 is 29.2 Å². The first-order valence-electron chi connectivity index (χ1n) is 9.91. The Morgan fingerprint density at radius 3 is 2.69 bits per heavy atom. The van der Waals surface area contributed by atoms with Gasteiger partial charge in [0.2, 0.25) is 0 Å². The standard InChI is InChI=1S/C19H16F2N6O2S.C2H6/c20-11-2-1-3-12(21)16(11)17(28)10-4-6-22-14(8-10)18(29)23-9-15-26-27-19(30-15)13-5-7-24-25-13;1-2/h1-5,7-8,17,22,28H,6,9H2,(H,23,29)(H,24,25);1-2H3. The summed E-state index contributed by atoms with van der Waals surface area (Å²) in [5.41, 5.74) is 0.662. The van der Waals surface area contributed by atoms with Crippen molar-refractivity contribution < 1.29 is 18.7 Å². The molecule has 0 saturated heterocycles. The van der Waals surface area contributed by atoms with Gasteiger partial charge in [0.05, 0.1) is 17.8 Å². The van der Waals surface area contributed by atoms with E-state index in [0.29, 0.717) is 10.0 Å². The number of aliphatic hydroxyl groups is 1. The van der Waals surface area contributed by atoms with E-state index in [9.17, 15) is 18.7 Å². The number of aliphatic hydroxyl groups excluding tert-OH is 1. The quantitative estimate of drug-likeness (QED) is 0.450. The van der Waals surface area contributed by atoms with Gasteiger partial charge >= 0.3 is 0 Å². The number of amides is 1. The molecular formula is C21H22F2N6O2S. The molecule has 0 aliphatic carbocycles. The fourth-order valence-corrected chi connectivity index (χ4v) is 3.64. The molecule has 1 unspecified atom stereocenters. The molecular weight excluding hydrogens is 438 g/mol. The predicted octanol–water partition coefficient (Wildman–Crippen LogP) is 3.00. The zero-order valence-corrected chi connectivity index (χ0v) is 18.2. The minimum atomic E-state index is -1.53. The Morgan fingerprint density at radius 1 is 1.25 bits per heavy atom. The molecule has 0 radical (unpaired) electrons. The van der Waals surface area contributed by atoms with Crippen LogP contribution in [0.15, 0.2) is 53.9 Å². The van der Waals surface area contributed by atoms with Crippen LogP contribution in [0.1, 0.15) is 30.5 Å². The third-order valence-corrected chi connectivity index (χ3v) is 5.33. The SMILES string of the molecule is CC.O=C(NCc1nnc(-c2ccn[nH]2)s1)C1=CC(C(O)c2c(F)cccc2F)=CCN1. The number of halogens is 2. The lowest BCUT2D eigenvalue weighted by Gasteiger charge is -2.20. The van der Waals surface area contributed by atoms with Gasteiger partial charge in [-0.25, -0.2) is 8.78 Å². The number of H-pyrrole nitrogens is 1. The van der Waals surface area contributed by atoms with Gasteiger partial charge in [0.15, 0.2) is 5.01 Å². The molecule has 0 fully saturated rings. The number of nitrogens with one attached hydrogen (secondary N) is 3. The molecule has 3 heterocycles. The van der Waals surface area contributed by atoms with Crippen LogP contribution in [0.2, 0.25) is 0 Å². The van der Waals surface area contributed by atoms with Crippen LogP contribution in [-0.2, 0) is 11.3 Å². The van der Waals surface area contributed by atoms with Gasteiger partial charge in [0.25, 0.3) is 5.91 Å². The lowest BCUT2D eigenvalue weighted by Crippen LogP contribution is -2.33. The number of aromatic amines is 1. The highest BCUT2D eigenvalue weighted by Crippen LogP contribution is 2.29. The maximum atomic E-state index is 14.0. The third-order valence-electron chi connectivity index (χ3n) is 4.37. The summed E-state index contributed by atoms with van der Waals surface area (Å²) >= 11 is 1.30. The molecule has 1 amide bonds. The van der Waals surface area contributed by atoms with E-state index in [1.807, 2.05) is 13.8 Å². The highest BCUT2D eigenvalue weighted by molar-refractivity contribution is 7.14. The second-order valence-electron chi connectivity index (χ2n) is 6.33. The topological polar surface area (TPSA) is 116 Å². The number of hydrogen-bond acceptors (Lipinski definition) is 7. The molecule has 0 bridgehead atoms. The Hall–Kier alpha value is -3.44. The van der Waals surface area contributed by atoms with Gasteiger partial charge in [-0.2, -0.15) is 5.10 Å². The van der Waals surface area contributed by atoms with Crippen LogP contribution in [0.3, 0.4) is 0 Å². The van der Waals surface area contributed by atoms with E-state index in [0.717, 1.165) is 17.8 Å². The molecule has 0 saturated carbocycles. The second-order valence-corrected chi connectivity index (χ2v) is 7.40. The number of aromatic nitrogens is 4. The normalized spacial score (nSPS) is 13.8. The van der Waals surface area contributed by atoms with Crippen LogP contribution in [0.25, 0.3) is 10.7 Å². The maximum absolute atomic E-state index is 14.0. The number of carbonyl (C=O) groups excluding carboxylic acids is 1. The molecule has 11 heteroatoms. The predicted molar refractivity (Wildman–Crippen MR) is 116 cm³/mol. The zero-order valence-electron chi connectivity index (χ0n) is 17.4. The molecule has 1 aliphatic heterocycles. The third kappa shape index (κ3) is 5.24. The molecule has 3 aromatic rings. The summed E-state index contributed by atoms with van der Waals surface area (Å²) in [7, 11) is 0. The van der Waals surface area contributed by atoms with Crippen molar-refractivity contribution in [1.29, 1.82) is 0 Å². The molecule has 4 N–H and O–H groups in total. The Bertz CT molecular complexity index is 1110. The van der Waals surface area contributed by atoms with Gasteiger partial charge in [0, 0.05) is 12.7 Å². The minimum absolute atomic E-state index is 0.146.